The summed E-state index contributed by atoms with van der Waals surface area (Å²) in [5.41, 5.74) is 8.07. The number of nitrogens with zero attached hydrogens (tertiary/aromatic N) is 1. The van der Waals surface area contributed by atoms with Crippen LogP contribution in [0.5, 0.6) is 5.75 Å². The molecule has 0 fully saturated rings. The number of anilines is 3. The summed E-state index contributed by atoms with van der Waals surface area (Å²) >= 11 is 9.61. The summed E-state index contributed by atoms with van der Waals surface area (Å²) in [6, 6.07) is 5.37. The van der Waals surface area contributed by atoms with Gasteiger partial charge in [-0.3, -0.25) is 0 Å². The van der Waals surface area contributed by atoms with E-state index in [4.69, 9.17) is 22.1 Å². The lowest BCUT2D eigenvalue weighted by Gasteiger charge is -2.13. The lowest BCUT2D eigenvalue weighted by molar-refractivity contribution is 0.415. The van der Waals surface area contributed by atoms with Crippen LogP contribution in [-0.2, 0) is 0 Å². The zero-order valence-electron chi connectivity index (χ0n) is 10.5. The molecule has 2 aromatic rings. The van der Waals surface area contributed by atoms with Crippen molar-refractivity contribution in [1.82, 2.24) is 4.98 Å². The lowest BCUT2D eigenvalue weighted by atomic mass is 10.2. The van der Waals surface area contributed by atoms with Gasteiger partial charge in [0, 0.05) is 6.07 Å². The molecule has 0 amide bonds. The minimum Gasteiger partial charge on any atom is -0.497 e. The second-order valence-corrected chi connectivity index (χ2v) is 5.17. The lowest BCUT2D eigenvalue weighted by Crippen LogP contribution is -2.00. The summed E-state index contributed by atoms with van der Waals surface area (Å²) in [5, 5.41) is 3.74. The molecule has 0 atom stereocenters. The number of methoxy groups -OCH3 is 1. The third-order valence-corrected chi connectivity index (χ3v) is 4.03. The van der Waals surface area contributed by atoms with Crippen LogP contribution in [0.15, 0.2) is 28.9 Å². The molecule has 19 heavy (non-hydrogen) atoms. The van der Waals surface area contributed by atoms with E-state index < -0.39 is 0 Å². The van der Waals surface area contributed by atoms with E-state index in [-0.39, 0.29) is 0 Å². The number of nitrogen functional groups attached to an aromatic ring is 1. The van der Waals surface area contributed by atoms with E-state index in [2.05, 4.69) is 26.2 Å². The van der Waals surface area contributed by atoms with Crippen LogP contribution in [0.4, 0.5) is 17.2 Å². The topological polar surface area (TPSA) is 60.2 Å². The van der Waals surface area contributed by atoms with Gasteiger partial charge in [-0.05, 0) is 40.5 Å². The maximum Gasteiger partial charge on any atom is 0.145 e. The van der Waals surface area contributed by atoms with Crippen molar-refractivity contribution in [3.8, 4) is 5.75 Å². The van der Waals surface area contributed by atoms with Crippen LogP contribution in [0.3, 0.4) is 0 Å². The van der Waals surface area contributed by atoms with Gasteiger partial charge in [0.25, 0.3) is 0 Å². The highest BCUT2D eigenvalue weighted by molar-refractivity contribution is 9.10. The van der Waals surface area contributed by atoms with Crippen LogP contribution in [-0.4, -0.2) is 12.1 Å². The molecule has 6 heteroatoms. The Bertz CT molecular complexity index is 619. The first-order valence-corrected chi connectivity index (χ1v) is 6.71. The quantitative estimate of drug-likeness (QED) is 0.880. The van der Waals surface area contributed by atoms with Crippen LogP contribution in [0, 0.1) is 6.92 Å². The first-order chi connectivity index (χ1) is 9.02. The number of rotatable bonds is 3. The Kier molecular flexibility index (Phi) is 4.17. The second kappa shape index (κ2) is 5.67. The van der Waals surface area contributed by atoms with Crippen molar-refractivity contribution in [2.75, 3.05) is 18.2 Å². The smallest absolute Gasteiger partial charge is 0.145 e. The number of nitrogens with one attached hydrogen (secondary N) is 1. The van der Waals surface area contributed by atoms with E-state index in [1.54, 1.807) is 25.4 Å². The van der Waals surface area contributed by atoms with Crippen molar-refractivity contribution in [2.45, 2.75) is 6.92 Å². The zero-order valence-corrected chi connectivity index (χ0v) is 12.8. The fourth-order valence-corrected chi connectivity index (χ4v) is 2.13. The van der Waals surface area contributed by atoms with Crippen molar-refractivity contribution >= 4 is 44.7 Å². The molecule has 0 saturated heterocycles. The fraction of sp³-hybridized carbons (Fsp3) is 0.154. The van der Waals surface area contributed by atoms with Gasteiger partial charge in [0.15, 0.2) is 0 Å². The van der Waals surface area contributed by atoms with Crippen molar-refractivity contribution < 1.29 is 4.74 Å². The average molecular weight is 343 g/mol. The van der Waals surface area contributed by atoms with Gasteiger partial charge in [0.2, 0.25) is 0 Å². The highest BCUT2D eigenvalue weighted by Gasteiger charge is 2.10. The summed E-state index contributed by atoms with van der Waals surface area (Å²) in [5.74, 6) is 1.37. The molecule has 0 unspecified atom stereocenters. The number of halogens is 2. The van der Waals surface area contributed by atoms with Gasteiger partial charge in [-0.25, -0.2) is 4.98 Å². The predicted octanol–water partition coefficient (Wildman–Crippen LogP) is 4.14. The largest absolute Gasteiger partial charge is 0.497 e. The van der Waals surface area contributed by atoms with E-state index in [9.17, 15) is 0 Å². The zero-order chi connectivity index (χ0) is 14.0. The van der Waals surface area contributed by atoms with Crippen LogP contribution in [0.25, 0.3) is 0 Å². The Labute approximate surface area is 125 Å². The molecule has 0 bridgehead atoms. The van der Waals surface area contributed by atoms with Gasteiger partial charge >= 0.3 is 0 Å². The number of hydrogen-bond acceptors (Lipinski definition) is 4. The van der Waals surface area contributed by atoms with Gasteiger partial charge in [-0.1, -0.05) is 11.6 Å². The average Bonchev–Trinajstić information content (AvgIpc) is 2.41. The SMILES string of the molecule is COc1ccc(Cl)c(Nc2ncc(N)c(C)c2Br)c1. The molecule has 1 aromatic heterocycles. The molecule has 1 aromatic carbocycles. The van der Waals surface area contributed by atoms with Crippen LogP contribution in [0.1, 0.15) is 5.56 Å². The van der Waals surface area contributed by atoms with Crippen LogP contribution in [0.2, 0.25) is 5.02 Å². The number of ether oxygens (including phenoxy) is 1. The van der Waals surface area contributed by atoms with E-state index in [1.165, 1.54) is 0 Å². The number of pyridine rings is 1. The number of benzene rings is 1. The first-order valence-electron chi connectivity index (χ1n) is 5.54. The van der Waals surface area contributed by atoms with Gasteiger partial charge < -0.3 is 15.8 Å². The molecule has 0 spiro atoms. The highest BCUT2D eigenvalue weighted by atomic mass is 79.9. The molecular weight excluding hydrogens is 330 g/mol. The molecule has 100 valence electrons. The Morgan fingerprint density at radius 2 is 2.16 bits per heavy atom. The Hall–Kier alpha value is -1.46. The maximum absolute atomic E-state index is 6.14. The maximum atomic E-state index is 6.14. The fourth-order valence-electron chi connectivity index (χ4n) is 1.53. The molecule has 1 heterocycles. The van der Waals surface area contributed by atoms with Crippen LogP contribution >= 0.6 is 27.5 Å². The summed E-state index contributed by atoms with van der Waals surface area (Å²) < 4.78 is 5.98. The molecule has 2 rings (SSSR count). The Balaban J connectivity index is 2.39. The van der Waals surface area contributed by atoms with Crippen molar-refractivity contribution in [1.29, 1.82) is 0 Å². The third kappa shape index (κ3) is 2.93. The van der Waals surface area contributed by atoms with E-state index in [0.29, 0.717) is 16.5 Å². The summed E-state index contributed by atoms with van der Waals surface area (Å²) in [4.78, 5) is 4.25. The number of hydrogen-bond donors (Lipinski definition) is 2. The summed E-state index contributed by atoms with van der Waals surface area (Å²) in [6.07, 6.45) is 1.61. The van der Waals surface area contributed by atoms with Gasteiger partial charge in [-0.2, -0.15) is 0 Å². The van der Waals surface area contributed by atoms with Gasteiger partial charge in [0.1, 0.15) is 11.6 Å². The Morgan fingerprint density at radius 1 is 1.42 bits per heavy atom. The van der Waals surface area contributed by atoms with E-state index in [1.807, 2.05) is 13.0 Å². The standard InChI is InChI=1S/C13H13BrClN3O/c1-7-10(16)6-17-13(12(7)14)18-11-5-8(19-2)3-4-9(11)15/h3-6H,16H2,1-2H3,(H,17,18). The van der Waals surface area contributed by atoms with E-state index in [0.717, 1.165) is 21.5 Å². The third-order valence-electron chi connectivity index (χ3n) is 2.73. The molecule has 4 nitrogen and oxygen atoms in total. The molecule has 3 N–H and O–H groups in total. The first kappa shape index (κ1) is 14.0. The molecule has 0 aliphatic heterocycles. The number of nitrogens with two attached hydrogens (primary N) is 1. The van der Waals surface area contributed by atoms with Crippen LogP contribution < -0.4 is 15.8 Å². The van der Waals surface area contributed by atoms with Crippen molar-refractivity contribution in [3.63, 3.8) is 0 Å². The molecular formula is C13H13BrClN3O. The molecule has 0 saturated carbocycles. The van der Waals surface area contributed by atoms with Crippen molar-refractivity contribution in [2.24, 2.45) is 0 Å². The molecule has 0 aliphatic carbocycles. The second-order valence-electron chi connectivity index (χ2n) is 3.97. The minimum atomic E-state index is 0.587. The van der Waals surface area contributed by atoms with Gasteiger partial charge in [-0.15, -0.1) is 0 Å². The Morgan fingerprint density at radius 3 is 2.84 bits per heavy atom. The van der Waals surface area contributed by atoms with E-state index >= 15 is 0 Å². The predicted molar refractivity (Wildman–Crippen MR) is 82.4 cm³/mol. The van der Waals surface area contributed by atoms with Gasteiger partial charge in [0.05, 0.1) is 34.2 Å². The monoisotopic (exact) mass is 341 g/mol. The minimum absolute atomic E-state index is 0.587. The summed E-state index contributed by atoms with van der Waals surface area (Å²) in [6.45, 7) is 1.92. The molecule has 0 aliphatic rings. The highest BCUT2D eigenvalue weighted by Crippen LogP contribution is 2.33. The summed E-state index contributed by atoms with van der Waals surface area (Å²) in [7, 11) is 1.61. The number of aromatic nitrogens is 1. The normalized spacial score (nSPS) is 10.3. The molecule has 0 radical (unpaired) electrons. The van der Waals surface area contributed by atoms with Crippen molar-refractivity contribution in [3.05, 3.63) is 39.5 Å².